The number of nitro groups is 1. The van der Waals surface area contributed by atoms with Crippen LogP contribution in [0.2, 0.25) is 0 Å². The summed E-state index contributed by atoms with van der Waals surface area (Å²) in [5.74, 6) is -0.0863. The minimum absolute atomic E-state index is 0.00616. The van der Waals surface area contributed by atoms with Crippen molar-refractivity contribution in [1.29, 1.82) is 0 Å². The number of nitro benzene ring substituents is 1. The molecule has 0 spiro atoms. The van der Waals surface area contributed by atoms with Crippen molar-refractivity contribution in [3.8, 4) is 0 Å². The molecule has 1 aromatic carbocycles. The van der Waals surface area contributed by atoms with E-state index in [1.54, 1.807) is 11.0 Å². The van der Waals surface area contributed by atoms with E-state index in [4.69, 9.17) is 9.47 Å². The summed E-state index contributed by atoms with van der Waals surface area (Å²) < 4.78 is 10.9. The number of nitrogens with one attached hydrogen (secondary N) is 1. The van der Waals surface area contributed by atoms with Crippen LogP contribution in [0.25, 0.3) is 5.57 Å². The number of hydrogen-bond acceptors (Lipinski definition) is 6. The van der Waals surface area contributed by atoms with Crippen LogP contribution in [0.5, 0.6) is 0 Å². The number of non-ortho nitro benzene ring substituents is 1. The van der Waals surface area contributed by atoms with E-state index in [1.807, 2.05) is 0 Å². The molecule has 1 N–H and O–H groups in total. The maximum Gasteiger partial charge on any atom is 0.270 e. The summed E-state index contributed by atoms with van der Waals surface area (Å²) in [5.41, 5.74) is 2.74. The lowest BCUT2D eigenvalue weighted by Gasteiger charge is -2.31. The molecule has 138 valence electrons. The van der Waals surface area contributed by atoms with Gasteiger partial charge in [-0.05, 0) is 18.9 Å². The molecule has 1 amide bonds. The number of anilines is 1. The molecular formula is C18H21N3O5. The summed E-state index contributed by atoms with van der Waals surface area (Å²) in [6, 6.07) is 4.73. The Morgan fingerprint density at radius 3 is 2.69 bits per heavy atom. The van der Waals surface area contributed by atoms with Gasteiger partial charge in [0.25, 0.3) is 11.6 Å². The molecule has 0 radical (unpaired) electrons. The van der Waals surface area contributed by atoms with E-state index in [9.17, 15) is 14.9 Å². The van der Waals surface area contributed by atoms with Gasteiger partial charge >= 0.3 is 0 Å². The Kier molecular flexibility index (Phi) is 4.60. The lowest BCUT2D eigenvalue weighted by Crippen LogP contribution is -2.41. The van der Waals surface area contributed by atoms with Crippen LogP contribution in [-0.2, 0) is 14.3 Å². The quantitative estimate of drug-likeness (QED) is 0.492. The number of carbonyl (C=O) groups is 1. The van der Waals surface area contributed by atoms with Crippen molar-refractivity contribution in [2.75, 3.05) is 37.9 Å². The standard InChI is InChI=1S/C18H21N3O5/c22-18-17(15-5-9-26-10-6-19-15)14-11-13(21(23)24)1-2-16(14)20(18)12-3-7-25-8-4-12/h1-2,11-12,19H,3-10H2/b17-15-. The Morgan fingerprint density at radius 2 is 1.92 bits per heavy atom. The Morgan fingerprint density at radius 1 is 1.15 bits per heavy atom. The monoisotopic (exact) mass is 359 g/mol. The second kappa shape index (κ2) is 7.05. The number of hydrogen-bond donors (Lipinski definition) is 1. The lowest BCUT2D eigenvalue weighted by molar-refractivity contribution is -0.384. The van der Waals surface area contributed by atoms with Gasteiger partial charge < -0.3 is 19.7 Å². The molecule has 3 aliphatic rings. The van der Waals surface area contributed by atoms with Gasteiger partial charge in [-0.15, -0.1) is 0 Å². The molecule has 0 atom stereocenters. The van der Waals surface area contributed by atoms with Gasteiger partial charge in [0, 0.05) is 55.6 Å². The summed E-state index contributed by atoms with van der Waals surface area (Å²) in [4.78, 5) is 26.0. The van der Waals surface area contributed by atoms with Crippen molar-refractivity contribution in [1.82, 2.24) is 5.32 Å². The first-order valence-corrected chi connectivity index (χ1v) is 8.91. The SMILES string of the molecule is O=C1/C(=C2/CCOCCN2)c2cc([N+](=O)[O-])ccc2N1C1CCOCC1. The third-order valence-electron chi connectivity index (χ3n) is 5.09. The highest BCUT2D eigenvalue weighted by molar-refractivity contribution is 6.33. The molecule has 2 fully saturated rings. The number of benzene rings is 1. The first-order chi connectivity index (χ1) is 12.7. The molecule has 2 saturated heterocycles. The molecule has 0 aromatic heterocycles. The van der Waals surface area contributed by atoms with Gasteiger partial charge in [-0.3, -0.25) is 14.9 Å². The first kappa shape index (κ1) is 17.0. The maximum atomic E-state index is 13.3. The van der Waals surface area contributed by atoms with Crippen LogP contribution >= 0.6 is 0 Å². The van der Waals surface area contributed by atoms with Crippen LogP contribution in [-0.4, -0.2) is 49.8 Å². The van der Waals surface area contributed by atoms with Crippen molar-refractivity contribution in [2.45, 2.75) is 25.3 Å². The van der Waals surface area contributed by atoms with E-state index in [0.29, 0.717) is 50.5 Å². The van der Waals surface area contributed by atoms with Crippen molar-refractivity contribution in [3.63, 3.8) is 0 Å². The highest BCUT2D eigenvalue weighted by Crippen LogP contribution is 2.43. The number of rotatable bonds is 2. The van der Waals surface area contributed by atoms with Crippen LogP contribution in [0.3, 0.4) is 0 Å². The van der Waals surface area contributed by atoms with Crippen molar-refractivity contribution in [2.24, 2.45) is 0 Å². The van der Waals surface area contributed by atoms with E-state index in [-0.39, 0.29) is 17.6 Å². The van der Waals surface area contributed by atoms with Crippen LogP contribution in [0.15, 0.2) is 23.9 Å². The average molecular weight is 359 g/mol. The predicted molar refractivity (Wildman–Crippen MR) is 94.8 cm³/mol. The highest BCUT2D eigenvalue weighted by Gasteiger charge is 2.40. The lowest BCUT2D eigenvalue weighted by atomic mass is 10.0. The number of carbonyl (C=O) groups excluding carboxylic acids is 1. The van der Waals surface area contributed by atoms with Gasteiger partial charge in [0.05, 0.1) is 29.4 Å². The second-order valence-electron chi connectivity index (χ2n) is 6.62. The fraction of sp³-hybridized carbons (Fsp3) is 0.500. The van der Waals surface area contributed by atoms with Gasteiger partial charge in [0.15, 0.2) is 0 Å². The minimum atomic E-state index is -0.423. The molecule has 0 bridgehead atoms. The van der Waals surface area contributed by atoms with E-state index >= 15 is 0 Å². The molecule has 3 heterocycles. The smallest absolute Gasteiger partial charge is 0.270 e. The summed E-state index contributed by atoms with van der Waals surface area (Å²) >= 11 is 0. The molecule has 0 aliphatic carbocycles. The molecule has 3 aliphatic heterocycles. The zero-order chi connectivity index (χ0) is 18.1. The van der Waals surface area contributed by atoms with Crippen molar-refractivity contribution < 1.29 is 19.2 Å². The summed E-state index contributed by atoms with van der Waals surface area (Å²) in [7, 11) is 0. The Hall–Kier alpha value is -2.45. The Bertz CT molecular complexity index is 760. The zero-order valence-corrected chi connectivity index (χ0v) is 14.4. The number of amides is 1. The van der Waals surface area contributed by atoms with E-state index < -0.39 is 4.92 Å². The van der Waals surface area contributed by atoms with Crippen molar-refractivity contribution in [3.05, 3.63) is 39.6 Å². The molecule has 8 nitrogen and oxygen atoms in total. The van der Waals surface area contributed by atoms with Crippen LogP contribution in [0.1, 0.15) is 24.8 Å². The molecule has 4 rings (SSSR count). The normalized spacial score (nSPS) is 24.2. The topological polar surface area (TPSA) is 93.9 Å². The Balaban J connectivity index is 1.82. The fourth-order valence-corrected chi connectivity index (χ4v) is 3.84. The minimum Gasteiger partial charge on any atom is -0.385 e. The maximum absolute atomic E-state index is 13.3. The van der Waals surface area contributed by atoms with Gasteiger partial charge in [0.2, 0.25) is 0 Å². The fourth-order valence-electron chi connectivity index (χ4n) is 3.84. The Labute approximate surface area is 150 Å². The summed E-state index contributed by atoms with van der Waals surface area (Å²) in [6.45, 7) is 2.97. The predicted octanol–water partition coefficient (Wildman–Crippen LogP) is 1.84. The van der Waals surface area contributed by atoms with E-state index in [2.05, 4.69) is 5.32 Å². The summed E-state index contributed by atoms with van der Waals surface area (Å²) in [5, 5.41) is 14.5. The molecular weight excluding hydrogens is 338 g/mol. The average Bonchev–Trinajstić information content (AvgIpc) is 2.80. The molecule has 26 heavy (non-hydrogen) atoms. The van der Waals surface area contributed by atoms with Crippen LogP contribution in [0, 0.1) is 10.1 Å². The third kappa shape index (κ3) is 2.95. The first-order valence-electron chi connectivity index (χ1n) is 8.91. The largest absolute Gasteiger partial charge is 0.385 e. The zero-order valence-electron chi connectivity index (χ0n) is 14.4. The van der Waals surface area contributed by atoms with Gasteiger partial charge in [-0.2, -0.15) is 0 Å². The number of fused-ring (bicyclic) bond motifs is 1. The highest BCUT2D eigenvalue weighted by atomic mass is 16.6. The van der Waals surface area contributed by atoms with Crippen molar-refractivity contribution >= 4 is 22.9 Å². The molecule has 1 aromatic rings. The van der Waals surface area contributed by atoms with Crippen LogP contribution < -0.4 is 10.2 Å². The molecule has 0 unspecified atom stereocenters. The van der Waals surface area contributed by atoms with E-state index in [0.717, 1.165) is 24.2 Å². The van der Waals surface area contributed by atoms with Gasteiger partial charge in [0.1, 0.15) is 0 Å². The number of nitrogens with zero attached hydrogens (tertiary/aromatic N) is 2. The third-order valence-corrected chi connectivity index (χ3v) is 5.09. The van der Waals surface area contributed by atoms with Crippen LogP contribution in [0.4, 0.5) is 11.4 Å². The van der Waals surface area contributed by atoms with Gasteiger partial charge in [-0.25, -0.2) is 0 Å². The summed E-state index contributed by atoms with van der Waals surface area (Å²) in [6.07, 6.45) is 2.12. The van der Waals surface area contributed by atoms with E-state index in [1.165, 1.54) is 12.1 Å². The molecule has 0 saturated carbocycles. The molecule has 8 heteroatoms. The second-order valence-corrected chi connectivity index (χ2v) is 6.62. The van der Waals surface area contributed by atoms with Gasteiger partial charge in [-0.1, -0.05) is 0 Å². The number of ether oxygens (including phenoxy) is 2.